The van der Waals surface area contributed by atoms with Crippen molar-refractivity contribution < 1.29 is 19.0 Å². The number of methoxy groups -OCH3 is 1. The largest absolute Gasteiger partial charge is 0.493 e. The molecular weight excluding hydrogens is 220 g/mol. The third-order valence-corrected chi connectivity index (χ3v) is 2.68. The Bertz CT molecular complexity index is 400. The van der Waals surface area contributed by atoms with Gasteiger partial charge in [0, 0.05) is 19.1 Å². The Kier molecular flexibility index (Phi) is 4.12. The van der Waals surface area contributed by atoms with Crippen LogP contribution in [0.5, 0.6) is 5.75 Å². The van der Waals surface area contributed by atoms with Gasteiger partial charge in [-0.1, -0.05) is 0 Å². The first-order valence-electron chi connectivity index (χ1n) is 5.67. The van der Waals surface area contributed by atoms with Crippen LogP contribution in [0, 0.1) is 0 Å². The van der Waals surface area contributed by atoms with E-state index in [4.69, 9.17) is 14.2 Å². The Morgan fingerprint density at radius 2 is 2.29 bits per heavy atom. The summed E-state index contributed by atoms with van der Waals surface area (Å²) in [6.45, 7) is 1.75. The van der Waals surface area contributed by atoms with Crippen LogP contribution in [0.2, 0.25) is 0 Å². The van der Waals surface area contributed by atoms with Crippen molar-refractivity contribution in [1.29, 1.82) is 0 Å². The summed E-state index contributed by atoms with van der Waals surface area (Å²) < 4.78 is 15.4. The molecule has 0 fully saturated rings. The third kappa shape index (κ3) is 3.05. The van der Waals surface area contributed by atoms with Crippen LogP contribution in [0.25, 0.3) is 0 Å². The third-order valence-electron chi connectivity index (χ3n) is 2.68. The molecule has 1 aromatic carbocycles. The van der Waals surface area contributed by atoms with Crippen molar-refractivity contribution in [1.82, 2.24) is 0 Å². The van der Waals surface area contributed by atoms with E-state index in [1.54, 1.807) is 13.2 Å². The molecule has 0 amide bonds. The number of benzene rings is 1. The molecule has 1 aromatic rings. The number of carbonyl (C=O) groups is 1. The number of carbonyl (C=O) groups excluding carboxylic acids is 1. The molecule has 0 atom stereocenters. The van der Waals surface area contributed by atoms with Gasteiger partial charge in [0.15, 0.2) is 5.78 Å². The zero-order chi connectivity index (χ0) is 12.1. The molecule has 0 radical (unpaired) electrons. The van der Waals surface area contributed by atoms with Gasteiger partial charge >= 0.3 is 0 Å². The number of fused-ring (bicyclic) bond motifs is 1. The van der Waals surface area contributed by atoms with Gasteiger partial charge in [-0.2, -0.15) is 0 Å². The van der Waals surface area contributed by atoms with Crippen LogP contribution in [0.15, 0.2) is 18.2 Å². The summed E-state index contributed by atoms with van der Waals surface area (Å²) in [5.74, 6) is 0.887. The van der Waals surface area contributed by atoms with Gasteiger partial charge in [0.05, 0.1) is 19.8 Å². The molecule has 92 valence electrons. The molecule has 4 nitrogen and oxygen atoms in total. The van der Waals surface area contributed by atoms with Gasteiger partial charge in [-0.25, -0.2) is 0 Å². The normalized spacial score (nSPS) is 13.2. The fourth-order valence-electron chi connectivity index (χ4n) is 1.75. The molecule has 1 aliphatic heterocycles. The average Bonchev–Trinajstić information content (AvgIpc) is 2.81. The lowest BCUT2D eigenvalue weighted by atomic mass is 10.1. The monoisotopic (exact) mass is 236 g/mol. The molecule has 0 spiro atoms. The van der Waals surface area contributed by atoms with Crippen LogP contribution in [0.4, 0.5) is 0 Å². The highest BCUT2D eigenvalue weighted by Gasteiger charge is 2.14. The maximum absolute atomic E-state index is 11.8. The standard InChI is InChI=1S/C13H16O4/c1-15-6-7-16-9-12(14)10-2-3-13-11(8-10)4-5-17-13/h2-3,8H,4-7,9H2,1H3. The quantitative estimate of drug-likeness (QED) is 0.554. The van der Waals surface area contributed by atoms with E-state index in [2.05, 4.69) is 0 Å². The van der Waals surface area contributed by atoms with Crippen LogP contribution in [-0.4, -0.2) is 39.3 Å². The van der Waals surface area contributed by atoms with Gasteiger partial charge in [-0.15, -0.1) is 0 Å². The Labute approximate surface area is 100 Å². The summed E-state index contributed by atoms with van der Waals surface area (Å²) in [5.41, 5.74) is 1.79. The Morgan fingerprint density at radius 1 is 1.41 bits per heavy atom. The van der Waals surface area contributed by atoms with Crippen LogP contribution in [-0.2, 0) is 15.9 Å². The van der Waals surface area contributed by atoms with E-state index in [9.17, 15) is 4.79 Å². The van der Waals surface area contributed by atoms with Gasteiger partial charge in [0.2, 0.25) is 0 Å². The topological polar surface area (TPSA) is 44.8 Å². The zero-order valence-corrected chi connectivity index (χ0v) is 9.90. The van der Waals surface area contributed by atoms with Crippen molar-refractivity contribution in [2.24, 2.45) is 0 Å². The number of rotatable bonds is 6. The molecule has 17 heavy (non-hydrogen) atoms. The first kappa shape index (κ1) is 12.1. The molecule has 1 aliphatic rings. The molecule has 0 unspecified atom stereocenters. The van der Waals surface area contributed by atoms with Gasteiger partial charge in [0.1, 0.15) is 12.4 Å². The highest BCUT2D eigenvalue weighted by molar-refractivity contribution is 5.97. The lowest BCUT2D eigenvalue weighted by Gasteiger charge is -2.04. The lowest BCUT2D eigenvalue weighted by Crippen LogP contribution is -2.12. The van der Waals surface area contributed by atoms with Crippen molar-refractivity contribution >= 4 is 5.78 Å². The predicted octanol–water partition coefficient (Wildman–Crippen LogP) is 1.47. The van der Waals surface area contributed by atoms with Gasteiger partial charge in [-0.3, -0.25) is 4.79 Å². The fourth-order valence-corrected chi connectivity index (χ4v) is 1.75. The van der Waals surface area contributed by atoms with Crippen molar-refractivity contribution in [3.63, 3.8) is 0 Å². The zero-order valence-electron chi connectivity index (χ0n) is 9.90. The summed E-state index contributed by atoms with van der Waals surface area (Å²) in [6, 6.07) is 5.53. The summed E-state index contributed by atoms with van der Waals surface area (Å²) in [7, 11) is 1.60. The number of ketones is 1. The minimum absolute atomic E-state index is 0.00389. The second-order valence-corrected chi connectivity index (χ2v) is 3.89. The van der Waals surface area contributed by atoms with Crippen molar-refractivity contribution in [3.8, 4) is 5.75 Å². The number of hydrogen-bond acceptors (Lipinski definition) is 4. The molecule has 0 saturated carbocycles. The van der Waals surface area contributed by atoms with Crippen LogP contribution < -0.4 is 4.74 Å². The molecule has 1 heterocycles. The molecule has 0 bridgehead atoms. The van der Waals surface area contributed by atoms with Crippen LogP contribution in [0.3, 0.4) is 0 Å². The summed E-state index contributed by atoms with van der Waals surface area (Å²) in [4.78, 5) is 11.8. The number of Topliss-reactive ketones (excluding diaryl/α,β-unsaturated/α-hetero) is 1. The second-order valence-electron chi connectivity index (χ2n) is 3.89. The minimum Gasteiger partial charge on any atom is -0.493 e. The van der Waals surface area contributed by atoms with E-state index < -0.39 is 0 Å². The van der Waals surface area contributed by atoms with Crippen molar-refractivity contribution in [2.45, 2.75) is 6.42 Å². The molecule has 2 rings (SSSR count). The van der Waals surface area contributed by atoms with E-state index in [0.29, 0.717) is 25.4 Å². The Balaban J connectivity index is 1.91. The van der Waals surface area contributed by atoms with Gasteiger partial charge in [-0.05, 0) is 23.8 Å². The van der Waals surface area contributed by atoms with E-state index in [1.165, 1.54) is 0 Å². The van der Waals surface area contributed by atoms with Crippen molar-refractivity contribution in [3.05, 3.63) is 29.3 Å². The summed E-state index contributed by atoms with van der Waals surface area (Å²) in [5, 5.41) is 0. The highest BCUT2D eigenvalue weighted by atomic mass is 16.5. The summed E-state index contributed by atoms with van der Waals surface area (Å²) in [6.07, 6.45) is 0.876. The fraction of sp³-hybridized carbons (Fsp3) is 0.462. The minimum atomic E-state index is -0.00389. The lowest BCUT2D eigenvalue weighted by molar-refractivity contribution is 0.0577. The molecule has 0 N–H and O–H groups in total. The maximum atomic E-state index is 11.8. The highest BCUT2D eigenvalue weighted by Crippen LogP contribution is 2.25. The Morgan fingerprint density at radius 3 is 3.12 bits per heavy atom. The van der Waals surface area contributed by atoms with E-state index in [1.807, 2.05) is 12.1 Å². The SMILES string of the molecule is COCCOCC(=O)c1ccc2c(c1)CCO2. The van der Waals surface area contributed by atoms with E-state index in [-0.39, 0.29) is 12.4 Å². The molecule has 0 saturated heterocycles. The van der Waals surface area contributed by atoms with Crippen molar-refractivity contribution in [2.75, 3.05) is 33.5 Å². The summed E-state index contributed by atoms with van der Waals surface area (Å²) >= 11 is 0. The van der Waals surface area contributed by atoms with Crippen LogP contribution >= 0.6 is 0 Å². The maximum Gasteiger partial charge on any atom is 0.188 e. The molecule has 4 heteroatoms. The first-order valence-corrected chi connectivity index (χ1v) is 5.67. The van der Waals surface area contributed by atoms with E-state index in [0.717, 1.165) is 17.7 Å². The Hall–Kier alpha value is -1.39. The van der Waals surface area contributed by atoms with Crippen LogP contribution in [0.1, 0.15) is 15.9 Å². The average molecular weight is 236 g/mol. The van der Waals surface area contributed by atoms with E-state index >= 15 is 0 Å². The first-order chi connectivity index (χ1) is 8.31. The molecule has 0 aliphatic carbocycles. The molecule has 0 aromatic heterocycles. The second kappa shape index (κ2) is 5.80. The smallest absolute Gasteiger partial charge is 0.188 e. The van der Waals surface area contributed by atoms with Gasteiger partial charge < -0.3 is 14.2 Å². The molecular formula is C13H16O4. The predicted molar refractivity (Wildman–Crippen MR) is 62.7 cm³/mol. The number of ether oxygens (including phenoxy) is 3. The van der Waals surface area contributed by atoms with Gasteiger partial charge in [0.25, 0.3) is 0 Å². The number of hydrogen-bond donors (Lipinski definition) is 0.